The highest BCUT2D eigenvalue weighted by molar-refractivity contribution is 5.95. The van der Waals surface area contributed by atoms with Crippen LogP contribution in [0.2, 0.25) is 0 Å². The van der Waals surface area contributed by atoms with Gasteiger partial charge in [0.2, 0.25) is 0 Å². The third-order valence-electron chi connectivity index (χ3n) is 3.58. The van der Waals surface area contributed by atoms with Gasteiger partial charge in [-0.2, -0.15) is 0 Å². The van der Waals surface area contributed by atoms with Crippen LogP contribution >= 0.6 is 0 Å². The van der Waals surface area contributed by atoms with Crippen LogP contribution in [-0.4, -0.2) is 54.7 Å². The minimum atomic E-state index is -0.333. The van der Waals surface area contributed by atoms with Crippen molar-refractivity contribution in [1.29, 1.82) is 0 Å². The third kappa shape index (κ3) is 4.10. The Bertz CT molecular complexity index is 435. The molecule has 1 unspecified atom stereocenters. The second kappa shape index (κ2) is 7.47. The van der Waals surface area contributed by atoms with Crippen LogP contribution in [0.1, 0.15) is 23.2 Å². The maximum absolute atomic E-state index is 12.8. The van der Waals surface area contributed by atoms with Gasteiger partial charge in [-0.25, -0.2) is 4.39 Å². The molecule has 110 valence electrons. The average Bonchev–Trinajstić information content (AvgIpc) is 2.48. The van der Waals surface area contributed by atoms with Gasteiger partial charge in [-0.05, 0) is 37.2 Å². The Balaban J connectivity index is 1.77. The number of benzene rings is 1. The molecule has 5 heteroatoms. The molecule has 0 radical (unpaired) electrons. The van der Waals surface area contributed by atoms with E-state index in [-0.39, 0.29) is 24.2 Å². The number of aliphatic hydroxyl groups is 1. The van der Waals surface area contributed by atoms with Gasteiger partial charge < -0.3 is 9.84 Å². The first-order valence-corrected chi connectivity index (χ1v) is 6.92. The van der Waals surface area contributed by atoms with Gasteiger partial charge in [0.15, 0.2) is 5.78 Å². The molecular weight excluding hydrogens is 261 g/mol. The van der Waals surface area contributed by atoms with E-state index in [0.717, 1.165) is 19.5 Å². The number of morpholine rings is 1. The van der Waals surface area contributed by atoms with Crippen molar-refractivity contribution in [2.24, 2.45) is 0 Å². The first kappa shape index (κ1) is 15.1. The van der Waals surface area contributed by atoms with Gasteiger partial charge in [-0.15, -0.1) is 0 Å². The van der Waals surface area contributed by atoms with Gasteiger partial charge in [0.1, 0.15) is 5.82 Å². The number of hydrogen-bond acceptors (Lipinski definition) is 4. The highest BCUT2D eigenvalue weighted by Gasteiger charge is 2.21. The molecule has 2 rings (SSSR count). The zero-order valence-corrected chi connectivity index (χ0v) is 11.4. The normalized spacial score (nSPS) is 20.0. The summed E-state index contributed by atoms with van der Waals surface area (Å²) in [6.45, 7) is 2.84. The van der Waals surface area contributed by atoms with Crippen LogP contribution in [0.5, 0.6) is 0 Å². The predicted octanol–water partition coefficient (Wildman–Crippen LogP) is 1.48. The number of hydrogen-bond donors (Lipinski definition) is 1. The van der Waals surface area contributed by atoms with E-state index >= 15 is 0 Å². The largest absolute Gasteiger partial charge is 0.395 e. The van der Waals surface area contributed by atoms with Crippen molar-refractivity contribution < 1.29 is 19.0 Å². The molecule has 1 heterocycles. The Morgan fingerprint density at radius 1 is 1.40 bits per heavy atom. The van der Waals surface area contributed by atoms with Crippen molar-refractivity contribution in [3.8, 4) is 0 Å². The monoisotopic (exact) mass is 281 g/mol. The molecule has 1 aliphatic heterocycles. The molecule has 0 saturated carbocycles. The van der Waals surface area contributed by atoms with Crippen LogP contribution < -0.4 is 0 Å². The minimum absolute atomic E-state index is 0.0267. The number of nitrogens with zero attached hydrogens (tertiary/aromatic N) is 1. The van der Waals surface area contributed by atoms with E-state index in [9.17, 15) is 14.3 Å². The molecule has 20 heavy (non-hydrogen) atoms. The number of carbonyl (C=O) groups excluding carboxylic acids is 1. The van der Waals surface area contributed by atoms with Crippen LogP contribution in [0.3, 0.4) is 0 Å². The number of Topliss-reactive ketones (excluding diaryl/α,β-unsaturated/α-hetero) is 1. The molecule has 1 N–H and O–H groups in total. The number of carbonyl (C=O) groups is 1. The van der Waals surface area contributed by atoms with Crippen LogP contribution in [0, 0.1) is 5.82 Å². The second-order valence-corrected chi connectivity index (χ2v) is 4.98. The summed E-state index contributed by atoms with van der Waals surface area (Å²) in [7, 11) is 0. The highest BCUT2D eigenvalue weighted by Crippen LogP contribution is 2.11. The molecular formula is C15H20FNO3. The Morgan fingerprint density at radius 2 is 2.15 bits per heavy atom. The van der Waals surface area contributed by atoms with Gasteiger partial charge >= 0.3 is 0 Å². The highest BCUT2D eigenvalue weighted by atomic mass is 19.1. The summed E-state index contributed by atoms with van der Waals surface area (Å²) in [5.41, 5.74) is 0.548. The molecule has 0 spiro atoms. The lowest BCUT2D eigenvalue weighted by Gasteiger charge is -2.34. The Morgan fingerprint density at radius 3 is 2.85 bits per heavy atom. The molecule has 1 atom stereocenters. The molecule has 0 aromatic heterocycles. The summed E-state index contributed by atoms with van der Waals surface area (Å²) in [5, 5.41) is 9.25. The lowest BCUT2D eigenvalue weighted by molar-refractivity contribution is -0.0276. The van der Waals surface area contributed by atoms with E-state index in [2.05, 4.69) is 4.90 Å². The first-order valence-electron chi connectivity index (χ1n) is 6.92. The smallest absolute Gasteiger partial charge is 0.162 e. The Kier molecular flexibility index (Phi) is 5.64. The SMILES string of the molecule is O=C(CCCN1CCOCC1CO)c1ccc(F)cc1. The van der Waals surface area contributed by atoms with E-state index in [0.29, 0.717) is 25.2 Å². The quantitative estimate of drug-likeness (QED) is 0.803. The Labute approximate surface area is 118 Å². The number of ether oxygens (including phenoxy) is 1. The number of aliphatic hydroxyl groups excluding tert-OH is 1. The van der Waals surface area contributed by atoms with Crippen LogP contribution in [0.25, 0.3) is 0 Å². The fourth-order valence-electron chi connectivity index (χ4n) is 2.37. The van der Waals surface area contributed by atoms with E-state index in [4.69, 9.17) is 4.74 Å². The molecule has 1 fully saturated rings. The molecule has 1 aromatic carbocycles. The van der Waals surface area contributed by atoms with Crippen LogP contribution in [0.15, 0.2) is 24.3 Å². The summed E-state index contributed by atoms with van der Waals surface area (Å²) in [4.78, 5) is 14.1. The number of halogens is 1. The summed E-state index contributed by atoms with van der Waals surface area (Å²) >= 11 is 0. The molecule has 0 amide bonds. The van der Waals surface area contributed by atoms with Crippen molar-refractivity contribution in [2.45, 2.75) is 18.9 Å². The maximum Gasteiger partial charge on any atom is 0.162 e. The lowest BCUT2D eigenvalue weighted by Crippen LogP contribution is -2.47. The van der Waals surface area contributed by atoms with E-state index in [1.54, 1.807) is 0 Å². The fourth-order valence-corrected chi connectivity index (χ4v) is 2.37. The van der Waals surface area contributed by atoms with Gasteiger partial charge in [-0.3, -0.25) is 9.69 Å². The topological polar surface area (TPSA) is 49.8 Å². The molecule has 0 bridgehead atoms. The summed E-state index contributed by atoms with van der Waals surface area (Å²) in [5.74, 6) is -0.306. The zero-order chi connectivity index (χ0) is 14.4. The van der Waals surface area contributed by atoms with E-state index in [1.165, 1.54) is 24.3 Å². The first-order chi connectivity index (χ1) is 9.70. The third-order valence-corrected chi connectivity index (χ3v) is 3.58. The van der Waals surface area contributed by atoms with Gasteiger partial charge in [0.25, 0.3) is 0 Å². The zero-order valence-electron chi connectivity index (χ0n) is 11.4. The summed E-state index contributed by atoms with van der Waals surface area (Å²) in [6.07, 6.45) is 1.16. The van der Waals surface area contributed by atoms with Crippen LogP contribution in [-0.2, 0) is 4.74 Å². The summed E-state index contributed by atoms with van der Waals surface area (Å²) < 4.78 is 18.1. The predicted molar refractivity (Wildman–Crippen MR) is 73.2 cm³/mol. The molecule has 1 saturated heterocycles. The van der Waals surface area contributed by atoms with Gasteiger partial charge in [0, 0.05) is 18.5 Å². The van der Waals surface area contributed by atoms with Crippen molar-refractivity contribution in [1.82, 2.24) is 4.90 Å². The summed E-state index contributed by atoms with van der Waals surface area (Å²) in [6, 6.07) is 5.67. The van der Waals surface area contributed by atoms with Crippen molar-refractivity contribution in [2.75, 3.05) is 32.9 Å². The number of rotatable bonds is 6. The molecule has 4 nitrogen and oxygen atoms in total. The second-order valence-electron chi connectivity index (χ2n) is 4.98. The van der Waals surface area contributed by atoms with E-state index in [1.807, 2.05) is 0 Å². The molecule has 0 aliphatic carbocycles. The van der Waals surface area contributed by atoms with Crippen molar-refractivity contribution in [3.05, 3.63) is 35.6 Å². The van der Waals surface area contributed by atoms with Crippen molar-refractivity contribution >= 4 is 5.78 Å². The number of ketones is 1. The Hall–Kier alpha value is -1.30. The van der Waals surface area contributed by atoms with Gasteiger partial charge in [-0.1, -0.05) is 0 Å². The minimum Gasteiger partial charge on any atom is -0.395 e. The molecule has 1 aromatic rings. The van der Waals surface area contributed by atoms with Crippen molar-refractivity contribution in [3.63, 3.8) is 0 Å². The lowest BCUT2D eigenvalue weighted by atomic mass is 10.1. The van der Waals surface area contributed by atoms with E-state index < -0.39 is 0 Å². The van der Waals surface area contributed by atoms with Crippen LogP contribution in [0.4, 0.5) is 4.39 Å². The molecule has 1 aliphatic rings. The standard InChI is InChI=1S/C15H20FNO3/c16-13-5-3-12(4-6-13)15(19)2-1-7-17-8-9-20-11-14(17)10-18/h3-6,14,18H,1-2,7-11H2. The maximum atomic E-state index is 12.8. The fraction of sp³-hybridized carbons (Fsp3) is 0.533. The average molecular weight is 281 g/mol. The van der Waals surface area contributed by atoms with Gasteiger partial charge in [0.05, 0.1) is 25.9 Å².